The van der Waals surface area contributed by atoms with E-state index in [1.165, 1.54) is 4.90 Å². The van der Waals surface area contributed by atoms with Crippen molar-refractivity contribution < 1.29 is 14.3 Å². The molecular weight excluding hydrogens is 210 g/mol. The Bertz CT molecular complexity index is 211. The molecule has 0 bridgehead atoms. The maximum atomic E-state index is 10.9. The SMILES string of the molecule is CCCN(CCOCCN(C)C=O)C(N)=O. The van der Waals surface area contributed by atoms with Crippen LogP contribution in [0.2, 0.25) is 0 Å². The molecule has 0 atom stereocenters. The van der Waals surface area contributed by atoms with Crippen molar-refractivity contribution >= 4 is 12.4 Å². The van der Waals surface area contributed by atoms with Crippen LogP contribution in [-0.4, -0.2) is 62.1 Å². The second-order valence-corrected chi connectivity index (χ2v) is 3.52. The summed E-state index contributed by atoms with van der Waals surface area (Å²) >= 11 is 0. The van der Waals surface area contributed by atoms with E-state index in [2.05, 4.69) is 0 Å². The lowest BCUT2D eigenvalue weighted by atomic mass is 10.4. The summed E-state index contributed by atoms with van der Waals surface area (Å²) < 4.78 is 5.28. The number of hydrogen-bond donors (Lipinski definition) is 1. The molecule has 0 saturated carbocycles. The van der Waals surface area contributed by atoms with Crippen molar-refractivity contribution in [3.63, 3.8) is 0 Å². The van der Waals surface area contributed by atoms with E-state index in [0.717, 1.165) is 12.8 Å². The third kappa shape index (κ3) is 7.05. The fourth-order valence-corrected chi connectivity index (χ4v) is 1.14. The summed E-state index contributed by atoms with van der Waals surface area (Å²) in [5.74, 6) is 0. The van der Waals surface area contributed by atoms with Gasteiger partial charge in [0.25, 0.3) is 0 Å². The van der Waals surface area contributed by atoms with Crippen molar-refractivity contribution in [2.75, 3.05) is 39.9 Å². The van der Waals surface area contributed by atoms with Crippen molar-refractivity contribution in [3.05, 3.63) is 0 Å². The molecule has 3 amide bonds. The topological polar surface area (TPSA) is 75.9 Å². The van der Waals surface area contributed by atoms with Gasteiger partial charge in [0, 0.05) is 26.7 Å². The average molecular weight is 231 g/mol. The summed E-state index contributed by atoms with van der Waals surface area (Å²) in [7, 11) is 1.68. The normalized spacial score (nSPS) is 9.88. The van der Waals surface area contributed by atoms with E-state index in [0.29, 0.717) is 32.8 Å². The third-order valence-electron chi connectivity index (χ3n) is 2.08. The first kappa shape index (κ1) is 14.7. The van der Waals surface area contributed by atoms with Crippen LogP contribution in [0.5, 0.6) is 0 Å². The molecule has 0 aromatic heterocycles. The first-order valence-electron chi connectivity index (χ1n) is 5.39. The monoisotopic (exact) mass is 231 g/mol. The second kappa shape index (κ2) is 8.96. The Morgan fingerprint density at radius 2 is 1.94 bits per heavy atom. The van der Waals surface area contributed by atoms with Gasteiger partial charge in [-0.25, -0.2) is 4.79 Å². The summed E-state index contributed by atoms with van der Waals surface area (Å²) in [5, 5.41) is 0. The molecule has 0 aromatic carbocycles. The zero-order valence-electron chi connectivity index (χ0n) is 10.0. The molecule has 6 heteroatoms. The van der Waals surface area contributed by atoms with Crippen molar-refractivity contribution in [1.29, 1.82) is 0 Å². The zero-order valence-corrected chi connectivity index (χ0v) is 10.0. The van der Waals surface area contributed by atoms with Crippen molar-refractivity contribution in [2.24, 2.45) is 5.73 Å². The summed E-state index contributed by atoms with van der Waals surface area (Å²) in [4.78, 5) is 24.2. The van der Waals surface area contributed by atoms with E-state index in [9.17, 15) is 9.59 Å². The molecule has 16 heavy (non-hydrogen) atoms. The van der Waals surface area contributed by atoms with Gasteiger partial charge < -0.3 is 20.3 Å². The molecule has 0 aliphatic rings. The van der Waals surface area contributed by atoms with Gasteiger partial charge in [0.15, 0.2) is 0 Å². The lowest BCUT2D eigenvalue weighted by Crippen LogP contribution is -2.38. The number of hydrogen-bond acceptors (Lipinski definition) is 3. The molecule has 6 nitrogen and oxygen atoms in total. The number of amides is 3. The first-order chi connectivity index (χ1) is 7.61. The highest BCUT2D eigenvalue weighted by atomic mass is 16.5. The lowest BCUT2D eigenvalue weighted by Gasteiger charge is -2.19. The lowest BCUT2D eigenvalue weighted by molar-refractivity contribution is -0.117. The Balaban J connectivity index is 3.54. The summed E-state index contributed by atoms with van der Waals surface area (Å²) in [6.07, 6.45) is 1.62. The van der Waals surface area contributed by atoms with Gasteiger partial charge >= 0.3 is 6.03 Å². The van der Waals surface area contributed by atoms with Gasteiger partial charge in [0.2, 0.25) is 6.41 Å². The number of urea groups is 1. The van der Waals surface area contributed by atoms with E-state index in [1.54, 1.807) is 11.9 Å². The molecule has 0 heterocycles. The van der Waals surface area contributed by atoms with E-state index in [-0.39, 0.29) is 0 Å². The number of likely N-dealkylation sites (N-methyl/N-ethyl adjacent to an activating group) is 1. The second-order valence-electron chi connectivity index (χ2n) is 3.52. The summed E-state index contributed by atoms with van der Waals surface area (Å²) in [6.45, 7) is 4.58. The van der Waals surface area contributed by atoms with E-state index in [1.807, 2.05) is 6.92 Å². The Labute approximate surface area is 96.3 Å². The van der Waals surface area contributed by atoms with Crippen LogP contribution >= 0.6 is 0 Å². The standard InChI is InChI=1S/C10H21N3O3/c1-3-4-13(10(11)15)6-8-16-7-5-12(2)9-14/h9H,3-8H2,1-2H3,(H2,11,15). The Hall–Kier alpha value is -1.30. The smallest absolute Gasteiger partial charge is 0.314 e. The van der Waals surface area contributed by atoms with Gasteiger partial charge in [-0.1, -0.05) is 6.92 Å². The molecule has 94 valence electrons. The zero-order chi connectivity index (χ0) is 12.4. The van der Waals surface area contributed by atoms with Crippen LogP contribution in [0.15, 0.2) is 0 Å². The van der Waals surface area contributed by atoms with E-state index in [4.69, 9.17) is 10.5 Å². The number of rotatable bonds is 9. The molecule has 0 saturated heterocycles. The summed E-state index contributed by atoms with van der Waals surface area (Å²) in [6, 6.07) is -0.421. The van der Waals surface area contributed by atoms with Crippen molar-refractivity contribution in [1.82, 2.24) is 9.80 Å². The van der Waals surface area contributed by atoms with Gasteiger partial charge in [-0.3, -0.25) is 4.79 Å². The minimum atomic E-state index is -0.421. The van der Waals surface area contributed by atoms with Crippen LogP contribution in [0.1, 0.15) is 13.3 Å². The van der Waals surface area contributed by atoms with E-state index >= 15 is 0 Å². The Morgan fingerprint density at radius 1 is 1.31 bits per heavy atom. The average Bonchev–Trinajstić information content (AvgIpc) is 2.26. The highest BCUT2D eigenvalue weighted by molar-refractivity contribution is 5.71. The van der Waals surface area contributed by atoms with E-state index < -0.39 is 6.03 Å². The number of nitrogens with two attached hydrogens (primary N) is 1. The van der Waals surface area contributed by atoms with Crippen LogP contribution in [0, 0.1) is 0 Å². The predicted octanol–water partition coefficient (Wildman–Crippen LogP) is -0.118. The number of primary amides is 1. The van der Waals surface area contributed by atoms with Crippen LogP contribution in [0.4, 0.5) is 4.79 Å². The number of ether oxygens (including phenoxy) is 1. The molecule has 0 rings (SSSR count). The molecule has 0 aliphatic carbocycles. The molecule has 0 spiro atoms. The largest absolute Gasteiger partial charge is 0.378 e. The van der Waals surface area contributed by atoms with Gasteiger partial charge in [-0.2, -0.15) is 0 Å². The fraction of sp³-hybridized carbons (Fsp3) is 0.800. The molecule has 0 unspecified atom stereocenters. The quantitative estimate of drug-likeness (QED) is 0.444. The Morgan fingerprint density at radius 3 is 2.44 bits per heavy atom. The number of carbonyl (C=O) groups is 2. The molecule has 0 radical (unpaired) electrons. The third-order valence-corrected chi connectivity index (χ3v) is 2.08. The molecule has 0 fully saturated rings. The molecule has 0 aliphatic heterocycles. The van der Waals surface area contributed by atoms with Gasteiger partial charge in [-0.05, 0) is 6.42 Å². The maximum Gasteiger partial charge on any atom is 0.314 e. The van der Waals surface area contributed by atoms with Crippen molar-refractivity contribution in [2.45, 2.75) is 13.3 Å². The first-order valence-corrected chi connectivity index (χ1v) is 5.39. The van der Waals surface area contributed by atoms with Crippen LogP contribution in [0.3, 0.4) is 0 Å². The maximum absolute atomic E-state index is 10.9. The van der Waals surface area contributed by atoms with Crippen molar-refractivity contribution in [3.8, 4) is 0 Å². The number of carbonyl (C=O) groups excluding carboxylic acids is 2. The van der Waals surface area contributed by atoms with Gasteiger partial charge in [0.1, 0.15) is 0 Å². The highest BCUT2D eigenvalue weighted by Gasteiger charge is 2.07. The number of nitrogens with zero attached hydrogens (tertiary/aromatic N) is 2. The fourth-order valence-electron chi connectivity index (χ4n) is 1.14. The highest BCUT2D eigenvalue weighted by Crippen LogP contribution is 1.91. The molecule has 2 N–H and O–H groups in total. The van der Waals surface area contributed by atoms with Crippen LogP contribution < -0.4 is 5.73 Å². The van der Waals surface area contributed by atoms with Crippen LogP contribution in [-0.2, 0) is 9.53 Å². The minimum absolute atomic E-state index is 0.421. The molecular formula is C10H21N3O3. The summed E-state index contributed by atoms with van der Waals surface area (Å²) in [5.41, 5.74) is 5.18. The van der Waals surface area contributed by atoms with Gasteiger partial charge in [0.05, 0.1) is 13.2 Å². The predicted molar refractivity (Wildman–Crippen MR) is 61.0 cm³/mol. The van der Waals surface area contributed by atoms with Gasteiger partial charge in [-0.15, -0.1) is 0 Å². The Kier molecular flexibility index (Phi) is 8.24. The van der Waals surface area contributed by atoms with Crippen LogP contribution in [0.25, 0.3) is 0 Å². The minimum Gasteiger partial charge on any atom is -0.378 e. The molecule has 0 aromatic rings.